The van der Waals surface area contributed by atoms with Gasteiger partial charge < -0.3 is 9.73 Å². The molecule has 0 radical (unpaired) electrons. The summed E-state index contributed by atoms with van der Waals surface area (Å²) in [5, 5.41) is 14.6. The quantitative estimate of drug-likeness (QED) is 0.763. The maximum Gasteiger partial charge on any atom is 0.206 e. The highest BCUT2D eigenvalue weighted by Crippen LogP contribution is 2.25. The van der Waals surface area contributed by atoms with Gasteiger partial charge in [-0.3, -0.25) is 0 Å². The van der Waals surface area contributed by atoms with Crippen molar-refractivity contribution in [2.45, 2.75) is 40.2 Å². The lowest BCUT2D eigenvalue weighted by Crippen LogP contribution is -1.97. The second-order valence-electron chi connectivity index (χ2n) is 5.64. The summed E-state index contributed by atoms with van der Waals surface area (Å²) < 4.78 is 5.87. The molecule has 2 aromatic heterocycles. The number of aromatic nitrogens is 2. The van der Waals surface area contributed by atoms with Gasteiger partial charge in [0.05, 0.1) is 6.54 Å². The van der Waals surface area contributed by atoms with Crippen LogP contribution in [-0.2, 0) is 6.54 Å². The monoisotopic (exact) mass is 301 g/mol. The Hall–Kier alpha value is -1.88. The Kier molecular flexibility index (Phi) is 3.68. The summed E-state index contributed by atoms with van der Waals surface area (Å²) in [4.78, 5) is 0. The minimum absolute atomic E-state index is 0.412. The van der Waals surface area contributed by atoms with Gasteiger partial charge >= 0.3 is 0 Å². The van der Waals surface area contributed by atoms with Crippen LogP contribution in [0.3, 0.4) is 0 Å². The lowest BCUT2D eigenvalue weighted by atomic mass is 10.1. The minimum atomic E-state index is 0.412. The maximum atomic E-state index is 5.87. The summed E-state index contributed by atoms with van der Waals surface area (Å²) in [5.41, 5.74) is 3.48. The van der Waals surface area contributed by atoms with E-state index >= 15 is 0 Å². The van der Waals surface area contributed by atoms with Gasteiger partial charge in [0.25, 0.3) is 0 Å². The second kappa shape index (κ2) is 5.48. The number of hydrogen-bond acceptors (Lipinski definition) is 5. The molecule has 0 saturated carbocycles. The SMILES string of the molecule is Cc1cc2cc(CNc3nnc(C(C)C)s3)oc2cc1C. The third kappa shape index (κ3) is 2.93. The van der Waals surface area contributed by atoms with Crippen LogP contribution in [0.25, 0.3) is 11.0 Å². The molecule has 0 aliphatic heterocycles. The van der Waals surface area contributed by atoms with Crippen LogP contribution in [-0.4, -0.2) is 10.2 Å². The highest BCUT2D eigenvalue weighted by Gasteiger charge is 2.09. The van der Waals surface area contributed by atoms with Crippen LogP contribution in [0, 0.1) is 13.8 Å². The van der Waals surface area contributed by atoms with Crippen molar-refractivity contribution in [3.05, 3.63) is 40.1 Å². The van der Waals surface area contributed by atoms with Gasteiger partial charge in [0.1, 0.15) is 16.4 Å². The van der Waals surface area contributed by atoms with Gasteiger partial charge in [-0.05, 0) is 43.2 Å². The number of nitrogens with zero attached hydrogens (tertiary/aromatic N) is 2. The predicted molar refractivity (Wildman–Crippen MR) is 87.0 cm³/mol. The molecular weight excluding hydrogens is 282 g/mol. The fourth-order valence-corrected chi connectivity index (χ4v) is 2.89. The summed E-state index contributed by atoms with van der Waals surface area (Å²) in [6.07, 6.45) is 0. The van der Waals surface area contributed by atoms with Crippen molar-refractivity contribution in [2.24, 2.45) is 0 Å². The summed E-state index contributed by atoms with van der Waals surface area (Å²) in [5.74, 6) is 1.33. The van der Waals surface area contributed by atoms with Gasteiger partial charge in [-0.15, -0.1) is 10.2 Å². The molecule has 0 bridgehead atoms. The number of furan rings is 1. The van der Waals surface area contributed by atoms with Crippen LogP contribution in [0.2, 0.25) is 0 Å². The maximum absolute atomic E-state index is 5.87. The highest BCUT2D eigenvalue weighted by molar-refractivity contribution is 7.15. The van der Waals surface area contributed by atoms with Crippen molar-refractivity contribution < 1.29 is 4.42 Å². The Bertz CT molecular complexity index is 734. The molecular formula is C16H19N3OS. The number of hydrogen-bond donors (Lipinski definition) is 1. The van der Waals surface area contributed by atoms with Crippen LogP contribution in [0.1, 0.15) is 41.7 Å². The van der Waals surface area contributed by atoms with Crippen molar-refractivity contribution in [3.8, 4) is 0 Å². The first-order valence-corrected chi connectivity index (χ1v) is 7.91. The third-order valence-corrected chi connectivity index (χ3v) is 4.71. The lowest BCUT2D eigenvalue weighted by Gasteiger charge is -1.98. The van der Waals surface area contributed by atoms with Gasteiger partial charge in [-0.1, -0.05) is 25.2 Å². The van der Waals surface area contributed by atoms with E-state index in [1.165, 1.54) is 11.1 Å². The smallest absolute Gasteiger partial charge is 0.206 e. The average molecular weight is 301 g/mol. The van der Waals surface area contributed by atoms with E-state index in [0.717, 1.165) is 26.9 Å². The van der Waals surface area contributed by atoms with Gasteiger partial charge in [-0.25, -0.2) is 0 Å². The molecule has 110 valence electrons. The van der Waals surface area contributed by atoms with Gasteiger partial charge in [-0.2, -0.15) is 0 Å². The fourth-order valence-electron chi connectivity index (χ4n) is 2.15. The van der Waals surface area contributed by atoms with E-state index in [2.05, 4.69) is 61.4 Å². The Balaban J connectivity index is 1.75. The van der Waals surface area contributed by atoms with E-state index in [0.29, 0.717) is 12.5 Å². The Morgan fingerprint density at radius 1 is 1.14 bits per heavy atom. The standard InChI is InChI=1S/C16H19N3OS/c1-9(2)15-18-19-16(21-15)17-8-13-7-12-5-10(3)11(4)6-14(12)20-13/h5-7,9H,8H2,1-4H3,(H,17,19). The predicted octanol–water partition coefficient (Wildman–Crippen LogP) is 4.64. The second-order valence-corrected chi connectivity index (χ2v) is 6.65. The Morgan fingerprint density at radius 2 is 1.90 bits per heavy atom. The molecule has 0 fully saturated rings. The fraction of sp³-hybridized carbons (Fsp3) is 0.375. The first-order valence-electron chi connectivity index (χ1n) is 7.10. The van der Waals surface area contributed by atoms with Gasteiger partial charge in [0, 0.05) is 11.3 Å². The number of anilines is 1. The number of nitrogens with one attached hydrogen (secondary N) is 1. The third-order valence-electron chi connectivity index (χ3n) is 3.53. The number of rotatable bonds is 4. The molecule has 1 aromatic carbocycles. The van der Waals surface area contributed by atoms with Gasteiger partial charge in [0.2, 0.25) is 5.13 Å². The molecule has 0 atom stereocenters. The van der Waals surface area contributed by atoms with Crippen LogP contribution in [0.15, 0.2) is 22.6 Å². The molecule has 0 saturated heterocycles. The first kappa shape index (κ1) is 14.1. The van der Waals surface area contributed by atoms with Crippen molar-refractivity contribution >= 4 is 27.4 Å². The minimum Gasteiger partial charge on any atom is -0.459 e. The van der Waals surface area contributed by atoms with Crippen LogP contribution >= 0.6 is 11.3 Å². The molecule has 5 heteroatoms. The molecule has 2 heterocycles. The van der Waals surface area contributed by atoms with Crippen molar-refractivity contribution in [3.63, 3.8) is 0 Å². The average Bonchev–Trinajstić information content (AvgIpc) is 3.03. The molecule has 0 spiro atoms. The lowest BCUT2D eigenvalue weighted by molar-refractivity contribution is 0.559. The molecule has 21 heavy (non-hydrogen) atoms. The number of benzene rings is 1. The number of aryl methyl sites for hydroxylation is 2. The van der Waals surface area contributed by atoms with Gasteiger partial charge in [0.15, 0.2) is 0 Å². The molecule has 0 amide bonds. The summed E-state index contributed by atoms with van der Waals surface area (Å²) in [6.45, 7) is 9.08. The molecule has 3 rings (SSSR count). The van der Waals surface area contributed by atoms with Crippen LogP contribution < -0.4 is 5.32 Å². The molecule has 0 unspecified atom stereocenters. The van der Waals surface area contributed by atoms with Crippen molar-refractivity contribution in [1.29, 1.82) is 0 Å². The van der Waals surface area contributed by atoms with Crippen LogP contribution in [0.5, 0.6) is 0 Å². The molecule has 4 nitrogen and oxygen atoms in total. The topological polar surface area (TPSA) is 51.0 Å². The van der Waals surface area contributed by atoms with E-state index < -0.39 is 0 Å². The Morgan fingerprint density at radius 3 is 2.62 bits per heavy atom. The van der Waals surface area contributed by atoms with E-state index in [9.17, 15) is 0 Å². The van der Waals surface area contributed by atoms with Crippen molar-refractivity contribution in [1.82, 2.24) is 10.2 Å². The zero-order chi connectivity index (χ0) is 15.0. The van der Waals surface area contributed by atoms with Crippen molar-refractivity contribution in [2.75, 3.05) is 5.32 Å². The summed E-state index contributed by atoms with van der Waals surface area (Å²) in [7, 11) is 0. The molecule has 0 aliphatic carbocycles. The zero-order valence-corrected chi connectivity index (χ0v) is 13.5. The first-order chi connectivity index (χ1) is 10.0. The highest BCUT2D eigenvalue weighted by atomic mass is 32.1. The van der Waals surface area contributed by atoms with E-state index in [1.807, 2.05) is 0 Å². The van der Waals surface area contributed by atoms with Crippen LogP contribution in [0.4, 0.5) is 5.13 Å². The summed E-state index contributed by atoms with van der Waals surface area (Å²) >= 11 is 1.60. The summed E-state index contributed by atoms with van der Waals surface area (Å²) in [6, 6.07) is 6.34. The van der Waals surface area contributed by atoms with E-state index in [4.69, 9.17) is 4.42 Å². The number of fused-ring (bicyclic) bond motifs is 1. The van der Waals surface area contributed by atoms with E-state index in [-0.39, 0.29) is 0 Å². The zero-order valence-electron chi connectivity index (χ0n) is 12.7. The molecule has 3 aromatic rings. The largest absolute Gasteiger partial charge is 0.459 e. The normalized spacial score (nSPS) is 11.5. The van der Waals surface area contributed by atoms with E-state index in [1.54, 1.807) is 11.3 Å². The molecule has 0 aliphatic rings. The molecule has 1 N–H and O–H groups in total. The Labute approximate surface area is 128 Å².